The van der Waals surface area contributed by atoms with E-state index in [9.17, 15) is 10.2 Å². The van der Waals surface area contributed by atoms with Crippen LogP contribution in [0.3, 0.4) is 0 Å². The van der Waals surface area contributed by atoms with E-state index < -0.39 is 0 Å². The van der Waals surface area contributed by atoms with Crippen LogP contribution in [0.4, 0.5) is 0 Å². The lowest BCUT2D eigenvalue weighted by Crippen LogP contribution is -2.38. The molecule has 8 nitrogen and oxygen atoms in total. The molecule has 0 unspecified atom stereocenters. The number of hydrogen-bond donors (Lipinski definition) is 2. The molecule has 0 bridgehead atoms. The van der Waals surface area contributed by atoms with Crippen LogP contribution < -0.4 is 0 Å². The maximum atomic E-state index is 11.2. The van der Waals surface area contributed by atoms with Gasteiger partial charge in [-0.3, -0.25) is 14.7 Å². The lowest BCUT2D eigenvalue weighted by Gasteiger charge is -2.32. The van der Waals surface area contributed by atoms with E-state index >= 15 is 0 Å². The van der Waals surface area contributed by atoms with E-state index in [-0.39, 0.29) is 5.75 Å². The summed E-state index contributed by atoms with van der Waals surface area (Å²) in [6.45, 7) is 11.2. The van der Waals surface area contributed by atoms with Crippen molar-refractivity contribution in [1.29, 1.82) is 0 Å². The largest absolute Gasteiger partial charge is 0.508 e. The van der Waals surface area contributed by atoms with E-state index in [1.54, 1.807) is 6.07 Å². The van der Waals surface area contributed by atoms with Gasteiger partial charge in [0.05, 0.1) is 39.6 Å². The number of hydrogen-bond acceptors (Lipinski definition) is 8. The van der Waals surface area contributed by atoms with Gasteiger partial charge in [-0.15, -0.1) is 0 Å². The minimum atomic E-state index is 0.279. The number of rotatable bonds is 6. The van der Waals surface area contributed by atoms with Gasteiger partial charge in [-0.2, -0.15) is 0 Å². The molecule has 3 fully saturated rings. The molecule has 4 rings (SSSR count). The van der Waals surface area contributed by atoms with Crippen LogP contribution in [0.25, 0.3) is 0 Å². The van der Waals surface area contributed by atoms with Crippen LogP contribution in [0.2, 0.25) is 0 Å². The molecule has 0 aliphatic carbocycles. The molecule has 1 aromatic carbocycles. The zero-order valence-corrected chi connectivity index (χ0v) is 17.1. The molecular formula is C21H33N3O5. The number of nitrogens with zero attached hydrogens (tertiary/aromatic N) is 3. The zero-order valence-electron chi connectivity index (χ0n) is 17.1. The van der Waals surface area contributed by atoms with Gasteiger partial charge >= 0.3 is 0 Å². The molecule has 162 valence electrons. The third kappa shape index (κ3) is 5.39. The Labute approximate surface area is 172 Å². The predicted octanol–water partition coefficient (Wildman–Crippen LogP) is 0.594. The second-order valence-corrected chi connectivity index (χ2v) is 8.03. The molecule has 3 aliphatic rings. The Kier molecular flexibility index (Phi) is 7.23. The molecule has 2 N–H and O–H groups in total. The maximum Gasteiger partial charge on any atom is 0.125 e. The number of morpholine rings is 3. The minimum Gasteiger partial charge on any atom is -0.508 e. The molecule has 3 saturated heterocycles. The summed E-state index contributed by atoms with van der Waals surface area (Å²) in [6, 6.07) is 1.75. The monoisotopic (exact) mass is 407 g/mol. The van der Waals surface area contributed by atoms with Crippen molar-refractivity contribution >= 4 is 0 Å². The highest BCUT2D eigenvalue weighted by molar-refractivity contribution is 5.52. The second-order valence-electron chi connectivity index (χ2n) is 8.03. The Morgan fingerprint density at radius 1 is 0.621 bits per heavy atom. The number of ether oxygens (including phenoxy) is 3. The van der Waals surface area contributed by atoms with Gasteiger partial charge in [-0.05, 0) is 6.07 Å². The molecule has 0 saturated carbocycles. The Morgan fingerprint density at radius 3 is 1.52 bits per heavy atom. The minimum absolute atomic E-state index is 0.279. The first-order valence-electron chi connectivity index (χ1n) is 10.7. The second kappa shape index (κ2) is 10.1. The standard InChI is InChI=1S/C21H33N3O5/c25-20-13-17(14-22-1-7-27-8-2-22)21(26)19(16-24-5-11-29-12-6-24)18(20)15-23-3-9-28-10-4-23/h13,25-26H,1-12,14-16H2. The van der Waals surface area contributed by atoms with E-state index in [2.05, 4.69) is 14.7 Å². The average Bonchev–Trinajstić information content (AvgIpc) is 2.76. The van der Waals surface area contributed by atoms with Crippen molar-refractivity contribution in [2.24, 2.45) is 0 Å². The van der Waals surface area contributed by atoms with Gasteiger partial charge in [0.25, 0.3) is 0 Å². The van der Waals surface area contributed by atoms with Crippen molar-refractivity contribution in [2.75, 3.05) is 78.9 Å². The summed E-state index contributed by atoms with van der Waals surface area (Å²) in [7, 11) is 0. The average molecular weight is 408 g/mol. The molecule has 29 heavy (non-hydrogen) atoms. The third-order valence-corrected chi connectivity index (χ3v) is 6.04. The fraction of sp³-hybridized carbons (Fsp3) is 0.714. The molecule has 0 spiro atoms. The summed E-state index contributed by atoms with van der Waals surface area (Å²) in [4.78, 5) is 6.83. The van der Waals surface area contributed by atoms with Crippen LogP contribution in [0.15, 0.2) is 6.07 Å². The van der Waals surface area contributed by atoms with Crippen molar-refractivity contribution in [1.82, 2.24) is 14.7 Å². The number of phenolic OH excluding ortho intramolecular Hbond substituents is 2. The van der Waals surface area contributed by atoms with Crippen LogP contribution in [0.1, 0.15) is 16.7 Å². The van der Waals surface area contributed by atoms with Crippen molar-refractivity contribution in [2.45, 2.75) is 19.6 Å². The summed E-state index contributed by atoms with van der Waals surface area (Å²) in [6.07, 6.45) is 0. The Morgan fingerprint density at radius 2 is 1.03 bits per heavy atom. The zero-order chi connectivity index (χ0) is 20.1. The molecule has 0 radical (unpaired) electrons. The van der Waals surface area contributed by atoms with Crippen molar-refractivity contribution in [3.05, 3.63) is 22.8 Å². The maximum absolute atomic E-state index is 11.2. The summed E-state index contributed by atoms with van der Waals surface area (Å²) in [5.74, 6) is 0.602. The van der Waals surface area contributed by atoms with Crippen LogP contribution in [-0.2, 0) is 33.8 Å². The molecule has 3 aliphatic heterocycles. The highest BCUT2D eigenvalue weighted by atomic mass is 16.5. The van der Waals surface area contributed by atoms with E-state index in [0.29, 0.717) is 65.0 Å². The molecule has 0 amide bonds. The Hall–Kier alpha value is -1.42. The lowest BCUT2D eigenvalue weighted by molar-refractivity contribution is 0.0299. The topological polar surface area (TPSA) is 77.9 Å². The Bertz CT molecular complexity index is 669. The van der Waals surface area contributed by atoms with Crippen LogP contribution in [0.5, 0.6) is 11.5 Å². The first-order valence-corrected chi connectivity index (χ1v) is 10.7. The van der Waals surface area contributed by atoms with Crippen molar-refractivity contribution in [3.63, 3.8) is 0 Å². The van der Waals surface area contributed by atoms with Gasteiger partial charge < -0.3 is 24.4 Å². The van der Waals surface area contributed by atoms with E-state index in [1.807, 2.05) is 0 Å². The summed E-state index contributed by atoms with van der Waals surface area (Å²) in [5.41, 5.74) is 2.47. The molecule has 0 atom stereocenters. The molecule has 8 heteroatoms. The molecule has 1 aromatic rings. The highest BCUT2D eigenvalue weighted by Crippen LogP contribution is 2.36. The normalized spacial score (nSPS) is 22.8. The summed E-state index contributed by atoms with van der Waals surface area (Å²) in [5, 5.41) is 22.1. The van der Waals surface area contributed by atoms with E-state index in [4.69, 9.17) is 14.2 Å². The van der Waals surface area contributed by atoms with E-state index in [0.717, 1.165) is 56.0 Å². The van der Waals surface area contributed by atoms with Crippen LogP contribution in [0, 0.1) is 0 Å². The molecule has 0 aromatic heterocycles. The van der Waals surface area contributed by atoms with Crippen molar-refractivity contribution in [3.8, 4) is 11.5 Å². The van der Waals surface area contributed by atoms with Gasteiger partial charge in [-0.25, -0.2) is 0 Å². The quantitative estimate of drug-likeness (QED) is 0.664. The first-order chi connectivity index (χ1) is 14.2. The summed E-state index contributed by atoms with van der Waals surface area (Å²) < 4.78 is 16.4. The Balaban J connectivity index is 1.59. The van der Waals surface area contributed by atoms with Gasteiger partial charge in [0.2, 0.25) is 0 Å². The fourth-order valence-corrected chi connectivity index (χ4v) is 4.25. The first kappa shape index (κ1) is 20.8. The number of phenols is 2. The van der Waals surface area contributed by atoms with Gasteiger partial charge in [-0.1, -0.05) is 0 Å². The van der Waals surface area contributed by atoms with Gasteiger partial charge in [0.15, 0.2) is 0 Å². The van der Waals surface area contributed by atoms with Gasteiger partial charge in [0, 0.05) is 75.6 Å². The van der Waals surface area contributed by atoms with E-state index in [1.165, 1.54) is 0 Å². The number of benzene rings is 1. The lowest BCUT2D eigenvalue weighted by atomic mass is 9.98. The fourth-order valence-electron chi connectivity index (χ4n) is 4.25. The predicted molar refractivity (Wildman–Crippen MR) is 108 cm³/mol. The van der Waals surface area contributed by atoms with Crippen molar-refractivity contribution < 1.29 is 24.4 Å². The van der Waals surface area contributed by atoms with Crippen LogP contribution in [-0.4, -0.2) is 104 Å². The third-order valence-electron chi connectivity index (χ3n) is 6.04. The number of aromatic hydroxyl groups is 2. The highest BCUT2D eigenvalue weighted by Gasteiger charge is 2.24. The molecular weight excluding hydrogens is 374 g/mol. The molecule has 3 heterocycles. The summed E-state index contributed by atoms with van der Waals surface area (Å²) >= 11 is 0. The van der Waals surface area contributed by atoms with Gasteiger partial charge in [0.1, 0.15) is 11.5 Å². The van der Waals surface area contributed by atoms with Crippen LogP contribution >= 0.6 is 0 Å². The smallest absolute Gasteiger partial charge is 0.125 e. The SMILES string of the molecule is Oc1cc(CN2CCOCC2)c(O)c(CN2CCOCC2)c1CN1CCOCC1.